The van der Waals surface area contributed by atoms with Gasteiger partial charge in [-0.05, 0) is 0 Å². The van der Waals surface area contributed by atoms with Crippen molar-refractivity contribution in [2.45, 2.75) is 38.5 Å². The standard InChI is InChI=1S/C13H16N2O10.C11H18N2O10S/c16-9-1-2-10(17)14(9)24-13(20)7-22-8-21-5-6-23-25-15-11(18)3-4-12(15)19;14-9(12-3-6-24(17,18)19)7-21-8-20-4-5-22-23-13-10(15)1-2-11(13)16/h1-8H2;1-8H2,(H,12,14)(H,17,18,19). The van der Waals surface area contributed by atoms with Gasteiger partial charge >= 0.3 is 5.97 Å². The van der Waals surface area contributed by atoms with Crippen molar-refractivity contribution in [3.05, 3.63) is 0 Å². The molecule has 0 aromatic heterocycles. The van der Waals surface area contributed by atoms with Crippen LogP contribution >= 0.6 is 0 Å². The third-order valence-corrected chi connectivity index (χ3v) is 6.28. The Bertz CT molecular complexity index is 1260. The molecule has 3 aliphatic heterocycles. The second-order valence-corrected chi connectivity index (χ2v) is 11.0. The maximum Gasteiger partial charge on any atom is 0.358 e. The summed E-state index contributed by atoms with van der Waals surface area (Å²) in [6, 6.07) is 0. The fourth-order valence-corrected chi connectivity index (χ4v) is 3.66. The molecule has 276 valence electrons. The monoisotopic (exact) mass is 730 g/mol. The highest BCUT2D eigenvalue weighted by Crippen LogP contribution is 2.13. The highest BCUT2D eigenvalue weighted by molar-refractivity contribution is 7.85. The van der Waals surface area contributed by atoms with Crippen molar-refractivity contribution < 1.29 is 94.9 Å². The summed E-state index contributed by atoms with van der Waals surface area (Å²) >= 11 is 0. The number of imide groups is 3. The van der Waals surface area contributed by atoms with E-state index in [2.05, 4.69) is 29.9 Å². The number of carbonyl (C=O) groups is 8. The number of rotatable bonds is 22. The Morgan fingerprint density at radius 1 is 0.612 bits per heavy atom. The fraction of sp³-hybridized carbons (Fsp3) is 0.667. The molecule has 25 heteroatoms. The molecule has 3 heterocycles. The molecule has 2 N–H and O–H groups in total. The molecule has 3 saturated heterocycles. The molecule has 0 unspecified atom stereocenters. The summed E-state index contributed by atoms with van der Waals surface area (Å²) in [4.78, 5) is 113. The molecule has 3 aliphatic rings. The van der Waals surface area contributed by atoms with Gasteiger partial charge in [0, 0.05) is 45.1 Å². The van der Waals surface area contributed by atoms with Gasteiger partial charge in [0.05, 0.1) is 19.0 Å². The first-order valence-corrected chi connectivity index (χ1v) is 15.8. The predicted molar refractivity (Wildman–Crippen MR) is 146 cm³/mol. The van der Waals surface area contributed by atoms with E-state index in [1.165, 1.54) is 0 Å². The summed E-state index contributed by atoms with van der Waals surface area (Å²) in [5.74, 6) is -5.18. The fourth-order valence-electron chi connectivity index (χ4n) is 3.30. The van der Waals surface area contributed by atoms with E-state index in [-0.39, 0.29) is 91.7 Å². The molecule has 0 aliphatic carbocycles. The summed E-state index contributed by atoms with van der Waals surface area (Å²) < 4.78 is 48.8. The lowest BCUT2D eigenvalue weighted by Gasteiger charge is -2.13. The van der Waals surface area contributed by atoms with Crippen molar-refractivity contribution in [3.63, 3.8) is 0 Å². The minimum Gasteiger partial charge on any atom is -0.353 e. The minimum atomic E-state index is -4.12. The van der Waals surface area contributed by atoms with Crippen molar-refractivity contribution in [3.8, 4) is 0 Å². The van der Waals surface area contributed by atoms with Crippen molar-refractivity contribution in [2.75, 3.05) is 65.5 Å². The van der Waals surface area contributed by atoms with Crippen LogP contribution in [0, 0.1) is 0 Å². The Kier molecular flexibility index (Phi) is 18.3. The van der Waals surface area contributed by atoms with Crippen LogP contribution in [0.5, 0.6) is 0 Å². The van der Waals surface area contributed by atoms with Gasteiger partial charge in [-0.1, -0.05) is 0 Å². The Balaban J connectivity index is 0.000000341. The van der Waals surface area contributed by atoms with Crippen LogP contribution < -0.4 is 5.32 Å². The molecule has 0 spiro atoms. The molecule has 0 bridgehead atoms. The number of hydrogen-bond acceptors (Lipinski definition) is 19. The maximum absolute atomic E-state index is 11.4. The molecule has 49 heavy (non-hydrogen) atoms. The number of hydroxylamine groups is 6. The Morgan fingerprint density at radius 3 is 1.45 bits per heavy atom. The number of carbonyl (C=O) groups excluding carboxylic acids is 8. The number of amides is 7. The lowest BCUT2D eigenvalue weighted by molar-refractivity contribution is -0.396. The average Bonchev–Trinajstić information content (AvgIpc) is 3.66. The highest BCUT2D eigenvalue weighted by Gasteiger charge is 2.33. The zero-order chi connectivity index (χ0) is 36.2. The topological polar surface area (TPSA) is 296 Å². The van der Waals surface area contributed by atoms with Crippen LogP contribution in [0.2, 0.25) is 0 Å². The first kappa shape index (κ1) is 41.1. The van der Waals surface area contributed by atoms with Crippen LogP contribution in [0.3, 0.4) is 0 Å². The van der Waals surface area contributed by atoms with Crippen LogP contribution in [0.1, 0.15) is 38.5 Å². The van der Waals surface area contributed by atoms with Crippen molar-refractivity contribution >= 4 is 57.4 Å². The Labute approximate surface area is 277 Å². The number of ether oxygens (including phenoxy) is 4. The summed E-state index contributed by atoms with van der Waals surface area (Å²) in [5, 5.41) is 3.70. The van der Waals surface area contributed by atoms with Crippen LogP contribution in [0.25, 0.3) is 0 Å². The van der Waals surface area contributed by atoms with Gasteiger partial charge in [-0.25, -0.2) is 14.6 Å². The van der Waals surface area contributed by atoms with Gasteiger partial charge < -0.3 is 29.1 Å². The van der Waals surface area contributed by atoms with Crippen LogP contribution in [0.4, 0.5) is 0 Å². The largest absolute Gasteiger partial charge is 0.358 e. The SMILES string of the molecule is O=C(COCOCCOON1C(=O)CCC1=O)NCCS(=O)(=O)O.O=C(COCOCCOON1C(=O)CCC1=O)ON1C(=O)CCC1=O. The van der Waals surface area contributed by atoms with Gasteiger partial charge in [-0.3, -0.25) is 38.1 Å². The van der Waals surface area contributed by atoms with Gasteiger partial charge in [-0.2, -0.15) is 8.42 Å². The van der Waals surface area contributed by atoms with Crippen molar-refractivity contribution in [1.82, 2.24) is 20.5 Å². The van der Waals surface area contributed by atoms with Crippen LogP contribution in [-0.2, 0) is 92.0 Å². The van der Waals surface area contributed by atoms with E-state index in [9.17, 15) is 46.8 Å². The zero-order valence-electron chi connectivity index (χ0n) is 25.8. The molecule has 0 aromatic carbocycles. The van der Waals surface area contributed by atoms with E-state index in [0.29, 0.717) is 15.2 Å². The van der Waals surface area contributed by atoms with E-state index < -0.39 is 69.8 Å². The predicted octanol–water partition coefficient (Wildman–Crippen LogP) is -3.41. The third-order valence-electron chi connectivity index (χ3n) is 5.56. The van der Waals surface area contributed by atoms with E-state index in [0.717, 1.165) is 0 Å². The quantitative estimate of drug-likeness (QED) is 0.0274. The van der Waals surface area contributed by atoms with E-state index >= 15 is 0 Å². The van der Waals surface area contributed by atoms with Crippen molar-refractivity contribution in [1.29, 1.82) is 0 Å². The lowest BCUT2D eigenvalue weighted by atomic mass is 10.4. The summed E-state index contributed by atoms with van der Waals surface area (Å²) in [5.41, 5.74) is 0. The van der Waals surface area contributed by atoms with Crippen LogP contribution in [0.15, 0.2) is 0 Å². The molecule has 3 fully saturated rings. The van der Waals surface area contributed by atoms with Gasteiger partial charge in [0.2, 0.25) is 5.91 Å². The molecule has 0 radical (unpaired) electrons. The second kappa shape index (κ2) is 21.8. The average molecular weight is 731 g/mol. The molecule has 0 atom stereocenters. The molecule has 7 amide bonds. The van der Waals surface area contributed by atoms with E-state index in [1.807, 2.05) is 0 Å². The summed E-state index contributed by atoms with van der Waals surface area (Å²) in [6.45, 7) is -1.82. The van der Waals surface area contributed by atoms with E-state index in [4.69, 9.17) is 23.5 Å². The smallest absolute Gasteiger partial charge is 0.353 e. The second-order valence-electron chi connectivity index (χ2n) is 9.39. The highest BCUT2D eigenvalue weighted by atomic mass is 32.2. The molecule has 24 nitrogen and oxygen atoms in total. The Hall–Kier alpha value is -4.05. The van der Waals surface area contributed by atoms with E-state index in [1.54, 1.807) is 0 Å². The van der Waals surface area contributed by atoms with Gasteiger partial charge in [0.15, 0.2) is 0 Å². The summed E-state index contributed by atoms with van der Waals surface area (Å²) in [7, 11) is -4.12. The molecule has 0 saturated carbocycles. The van der Waals surface area contributed by atoms with Crippen LogP contribution in [-0.4, -0.2) is 141 Å². The first-order valence-electron chi connectivity index (χ1n) is 14.2. The first-order chi connectivity index (χ1) is 23.3. The number of nitrogens with one attached hydrogen (secondary N) is 1. The zero-order valence-corrected chi connectivity index (χ0v) is 26.6. The molecule has 3 rings (SSSR count). The van der Waals surface area contributed by atoms with Gasteiger partial charge in [0.1, 0.15) is 40.0 Å². The van der Waals surface area contributed by atoms with Gasteiger partial charge in [0.25, 0.3) is 45.6 Å². The maximum atomic E-state index is 11.4. The number of nitrogens with zero attached hydrogens (tertiary/aromatic N) is 3. The third kappa shape index (κ3) is 16.8. The molecule has 0 aromatic rings. The number of hydrogen-bond donors (Lipinski definition) is 2. The van der Waals surface area contributed by atoms with Crippen molar-refractivity contribution in [2.24, 2.45) is 0 Å². The molecular weight excluding hydrogens is 696 g/mol. The minimum absolute atomic E-state index is 0.00559. The molecular formula is C24H34N4O20S. The van der Waals surface area contributed by atoms with Gasteiger partial charge in [-0.15, -0.1) is 25.2 Å². The lowest BCUT2D eigenvalue weighted by Crippen LogP contribution is -2.33. The normalized spacial score (nSPS) is 16.5. The Morgan fingerprint density at radius 2 is 1.02 bits per heavy atom. The summed E-state index contributed by atoms with van der Waals surface area (Å²) in [6.07, 6.45) is 0.339.